The summed E-state index contributed by atoms with van der Waals surface area (Å²) in [5.74, 6) is -2.28. The van der Waals surface area contributed by atoms with E-state index in [9.17, 15) is 18.4 Å². The highest BCUT2D eigenvalue weighted by Crippen LogP contribution is 2.33. The number of H-pyrrole nitrogens is 1. The van der Waals surface area contributed by atoms with Crippen molar-refractivity contribution in [1.82, 2.24) is 9.97 Å². The molecule has 0 aliphatic rings. The number of carboxylic acids is 1. The van der Waals surface area contributed by atoms with E-state index in [1.807, 2.05) is 4.98 Å². The van der Waals surface area contributed by atoms with Crippen molar-refractivity contribution in [2.45, 2.75) is 17.3 Å². The lowest BCUT2D eigenvalue weighted by atomic mass is 10.5. The van der Waals surface area contributed by atoms with Crippen LogP contribution in [0.25, 0.3) is 0 Å². The number of alkyl halides is 2. The van der Waals surface area contributed by atoms with Crippen LogP contribution in [0.5, 0.6) is 0 Å². The number of carboxylic acid groups (broad SMARTS) is 1. The molecule has 0 spiro atoms. The van der Waals surface area contributed by atoms with Gasteiger partial charge in [0.1, 0.15) is 0 Å². The van der Waals surface area contributed by atoms with Gasteiger partial charge in [0.05, 0.1) is 0 Å². The van der Waals surface area contributed by atoms with Crippen LogP contribution in [0.3, 0.4) is 0 Å². The van der Waals surface area contributed by atoms with Gasteiger partial charge in [-0.1, -0.05) is 0 Å². The van der Waals surface area contributed by atoms with Gasteiger partial charge in [-0.15, -0.1) is 0 Å². The minimum atomic E-state index is -4.01. The maximum Gasteiger partial charge on any atom is 0.395 e. The fraction of sp³-hybridized carbons (Fsp3) is 0.286. The number of halogens is 2. The second-order valence-corrected chi connectivity index (χ2v) is 3.72. The highest BCUT2D eigenvalue weighted by Gasteiger charge is 2.41. The van der Waals surface area contributed by atoms with Crippen LogP contribution in [0, 0.1) is 6.92 Å². The maximum absolute atomic E-state index is 12.7. The zero-order valence-corrected chi connectivity index (χ0v) is 8.27. The van der Waals surface area contributed by atoms with Crippen LogP contribution in [-0.4, -0.2) is 26.3 Å². The summed E-state index contributed by atoms with van der Waals surface area (Å²) in [6.45, 7) is 1.44. The third-order valence-corrected chi connectivity index (χ3v) is 2.14. The highest BCUT2D eigenvalue weighted by molar-refractivity contribution is 8.00. The monoisotopic (exact) mass is 236 g/mol. The van der Waals surface area contributed by atoms with Crippen LogP contribution in [0.1, 0.15) is 5.69 Å². The molecule has 0 saturated carbocycles. The van der Waals surface area contributed by atoms with Crippen molar-refractivity contribution < 1.29 is 18.7 Å². The van der Waals surface area contributed by atoms with Crippen molar-refractivity contribution in [2.75, 3.05) is 0 Å². The molecule has 82 valence electrons. The molecule has 1 heterocycles. The number of hydrogen-bond acceptors (Lipinski definition) is 4. The lowest BCUT2D eigenvalue weighted by Gasteiger charge is -2.08. The van der Waals surface area contributed by atoms with E-state index in [0.717, 1.165) is 6.07 Å². The molecule has 0 bridgehead atoms. The molecule has 0 aromatic carbocycles. The van der Waals surface area contributed by atoms with Crippen molar-refractivity contribution in [3.05, 3.63) is 22.1 Å². The SMILES string of the molecule is Cc1cc(=O)[nH]c(SC(F)(F)C(=O)O)n1. The largest absolute Gasteiger partial charge is 0.476 e. The predicted molar refractivity (Wildman–Crippen MR) is 48.0 cm³/mol. The summed E-state index contributed by atoms with van der Waals surface area (Å²) < 4.78 is 25.4. The normalized spacial score (nSPS) is 11.4. The van der Waals surface area contributed by atoms with E-state index in [2.05, 4.69) is 4.98 Å². The lowest BCUT2D eigenvalue weighted by molar-refractivity contribution is -0.152. The quantitative estimate of drug-likeness (QED) is 0.600. The molecule has 5 nitrogen and oxygen atoms in total. The van der Waals surface area contributed by atoms with Gasteiger partial charge in [-0.25, -0.2) is 9.78 Å². The third-order valence-electron chi connectivity index (χ3n) is 1.32. The minimum absolute atomic E-state index is 0.238. The number of hydrogen-bond donors (Lipinski definition) is 2. The Morgan fingerprint density at radius 1 is 1.67 bits per heavy atom. The fourth-order valence-corrected chi connectivity index (χ4v) is 1.44. The van der Waals surface area contributed by atoms with Crippen molar-refractivity contribution in [3.63, 3.8) is 0 Å². The summed E-state index contributed by atoms with van der Waals surface area (Å²) in [6.07, 6.45) is 0. The van der Waals surface area contributed by atoms with E-state index >= 15 is 0 Å². The lowest BCUT2D eigenvalue weighted by Crippen LogP contribution is -2.24. The summed E-state index contributed by atoms with van der Waals surface area (Å²) >= 11 is -0.317. The molecule has 0 aliphatic carbocycles. The minimum Gasteiger partial charge on any atom is -0.476 e. The van der Waals surface area contributed by atoms with Gasteiger partial charge in [0, 0.05) is 11.8 Å². The molecule has 0 fully saturated rings. The first-order valence-electron chi connectivity index (χ1n) is 3.69. The molecule has 2 N–H and O–H groups in total. The number of rotatable bonds is 3. The van der Waals surface area contributed by atoms with Crippen LogP contribution < -0.4 is 5.56 Å². The summed E-state index contributed by atoms with van der Waals surface area (Å²) in [5.41, 5.74) is -0.367. The van der Waals surface area contributed by atoms with Gasteiger partial charge >= 0.3 is 11.2 Å². The molecule has 1 aromatic heterocycles. The Bertz CT molecular complexity index is 446. The highest BCUT2D eigenvalue weighted by atomic mass is 32.2. The van der Waals surface area contributed by atoms with Gasteiger partial charge in [-0.05, 0) is 18.7 Å². The molecule has 15 heavy (non-hydrogen) atoms. The molecule has 1 rings (SSSR count). The topological polar surface area (TPSA) is 83.0 Å². The number of aliphatic carboxylic acids is 1. The van der Waals surface area contributed by atoms with Crippen LogP contribution >= 0.6 is 11.8 Å². The van der Waals surface area contributed by atoms with Crippen LogP contribution in [0.2, 0.25) is 0 Å². The van der Waals surface area contributed by atoms with Crippen LogP contribution in [0.15, 0.2) is 16.0 Å². The number of thioether (sulfide) groups is 1. The number of carbonyl (C=O) groups is 1. The Morgan fingerprint density at radius 3 is 2.73 bits per heavy atom. The first-order chi connectivity index (χ1) is 6.81. The Balaban J connectivity index is 2.99. The van der Waals surface area contributed by atoms with Crippen molar-refractivity contribution in [1.29, 1.82) is 0 Å². The number of aryl methyl sites for hydroxylation is 1. The number of nitrogens with one attached hydrogen (secondary N) is 1. The third kappa shape index (κ3) is 3.01. The molecule has 0 unspecified atom stereocenters. The first-order valence-corrected chi connectivity index (χ1v) is 4.51. The van der Waals surface area contributed by atoms with Crippen molar-refractivity contribution >= 4 is 17.7 Å². The number of nitrogens with zero attached hydrogens (tertiary/aromatic N) is 1. The summed E-state index contributed by atoms with van der Waals surface area (Å²) in [6, 6.07) is 1.11. The summed E-state index contributed by atoms with van der Waals surface area (Å²) in [4.78, 5) is 26.5. The van der Waals surface area contributed by atoms with E-state index in [1.165, 1.54) is 6.92 Å². The molecule has 1 aromatic rings. The van der Waals surface area contributed by atoms with Gasteiger partial charge in [-0.3, -0.25) is 4.79 Å². The average Bonchev–Trinajstić information content (AvgIpc) is 1.99. The zero-order chi connectivity index (χ0) is 11.6. The van der Waals surface area contributed by atoms with E-state index < -0.39 is 21.9 Å². The van der Waals surface area contributed by atoms with E-state index in [-0.39, 0.29) is 17.5 Å². The predicted octanol–water partition coefficient (Wildman–Crippen LogP) is 0.848. The van der Waals surface area contributed by atoms with Crippen LogP contribution in [-0.2, 0) is 4.79 Å². The van der Waals surface area contributed by atoms with Crippen LogP contribution in [0.4, 0.5) is 8.78 Å². The molecule has 0 atom stereocenters. The molecule has 8 heteroatoms. The summed E-state index contributed by atoms with van der Waals surface area (Å²) in [5, 5.41) is 3.72. The molecular formula is C7H6F2N2O3S. The van der Waals surface area contributed by atoms with Gasteiger partial charge in [0.25, 0.3) is 5.56 Å². The first kappa shape index (κ1) is 11.6. The van der Waals surface area contributed by atoms with E-state index in [0.29, 0.717) is 0 Å². The standard InChI is InChI=1S/C7H6F2N2O3S/c1-3-2-4(12)11-6(10-3)15-7(8,9)5(13)14/h2H,1H3,(H,13,14)(H,10,11,12). The number of aromatic nitrogens is 2. The average molecular weight is 236 g/mol. The van der Waals surface area contributed by atoms with E-state index in [4.69, 9.17) is 5.11 Å². The molecular weight excluding hydrogens is 230 g/mol. The molecule has 0 aliphatic heterocycles. The van der Waals surface area contributed by atoms with Gasteiger partial charge in [0.2, 0.25) is 0 Å². The van der Waals surface area contributed by atoms with Gasteiger partial charge in [-0.2, -0.15) is 8.78 Å². The summed E-state index contributed by atoms with van der Waals surface area (Å²) in [7, 11) is 0. The molecule has 0 radical (unpaired) electrons. The Kier molecular flexibility index (Phi) is 3.08. The fourth-order valence-electron chi connectivity index (χ4n) is 0.765. The Hall–Kier alpha value is -1.44. The number of aromatic amines is 1. The second-order valence-electron chi connectivity index (χ2n) is 2.62. The maximum atomic E-state index is 12.7. The van der Waals surface area contributed by atoms with E-state index in [1.54, 1.807) is 0 Å². The zero-order valence-electron chi connectivity index (χ0n) is 7.45. The Labute approximate surface area is 86.5 Å². The molecule has 0 amide bonds. The van der Waals surface area contributed by atoms with Gasteiger partial charge < -0.3 is 10.1 Å². The Morgan fingerprint density at radius 2 is 2.27 bits per heavy atom. The van der Waals surface area contributed by atoms with Gasteiger partial charge in [0.15, 0.2) is 5.16 Å². The smallest absolute Gasteiger partial charge is 0.395 e. The van der Waals surface area contributed by atoms with Crippen molar-refractivity contribution in [3.8, 4) is 0 Å². The van der Waals surface area contributed by atoms with Crippen molar-refractivity contribution in [2.24, 2.45) is 0 Å². The molecule has 0 saturated heterocycles. The second kappa shape index (κ2) is 3.97.